The van der Waals surface area contributed by atoms with E-state index in [1.54, 1.807) is 0 Å². The third-order valence-corrected chi connectivity index (χ3v) is 23.3. The van der Waals surface area contributed by atoms with Crippen molar-refractivity contribution in [2.45, 2.75) is 348 Å². The normalized spacial score (nSPS) is 47.5. The fraction of sp³-hybridized carbons (Fsp3) is 0.917. The van der Waals surface area contributed by atoms with Crippen LogP contribution < -0.4 is 31.9 Å². The van der Waals surface area contributed by atoms with E-state index in [0.29, 0.717) is 0 Å². The first kappa shape index (κ1) is 106. The molecule has 0 bridgehead atoms. The summed E-state index contributed by atoms with van der Waals surface area (Å²) < 4.78 is 115. The zero-order valence-corrected chi connectivity index (χ0v) is 69.8. The fourth-order valence-electron chi connectivity index (χ4n) is 16.6. The zero-order chi connectivity index (χ0) is 95.1. The molecule has 1 unspecified atom stereocenters. The number of amides is 6. The first-order valence-corrected chi connectivity index (χ1v) is 41.1. The molecule has 50 atom stereocenters. The van der Waals surface area contributed by atoms with Crippen molar-refractivity contribution in [1.29, 1.82) is 0 Å². The Morgan fingerprint density at radius 3 is 0.829 bits per heavy atom. The predicted molar refractivity (Wildman–Crippen MR) is 399 cm³/mol. The summed E-state index contributed by atoms with van der Waals surface area (Å²) >= 11 is 0. The number of hydrogen-bond donors (Lipinski definition) is 32. The lowest BCUT2D eigenvalue weighted by molar-refractivity contribution is -0.404. The highest BCUT2D eigenvalue weighted by Gasteiger charge is 2.62. The number of aliphatic hydroxyl groups is 26. The minimum atomic E-state index is -2.71. The van der Waals surface area contributed by atoms with Crippen LogP contribution in [0.2, 0.25) is 0 Å². The number of carbonyl (C=O) groups is 6. The van der Waals surface area contributed by atoms with Crippen LogP contribution in [0, 0.1) is 0 Å². The number of nitrogens with one attached hydrogen (secondary N) is 6. The molecule has 32 N–H and O–H groups in total. The van der Waals surface area contributed by atoms with E-state index < -0.39 is 408 Å². The molecule has 57 heteroatoms. The van der Waals surface area contributed by atoms with Crippen molar-refractivity contribution in [3.8, 4) is 0 Å². The van der Waals surface area contributed by atoms with Gasteiger partial charge in [0.2, 0.25) is 35.4 Å². The summed E-state index contributed by atoms with van der Waals surface area (Å²) in [5.41, 5.74) is 0. The van der Waals surface area contributed by atoms with Crippen molar-refractivity contribution in [1.82, 2.24) is 31.9 Å². The van der Waals surface area contributed by atoms with Crippen molar-refractivity contribution < 1.29 is 252 Å². The third kappa shape index (κ3) is 24.2. The Balaban J connectivity index is 1.06. The average molecular weight is 1890 g/mol. The van der Waals surface area contributed by atoms with Gasteiger partial charge in [0, 0.05) is 41.5 Å². The highest BCUT2D eigenvalue weighted by atomic mass is 16.8. The van der Waals surface area contributed by atoms with Gasteiger partial charge in [-0.05, 0) is 0 Å². The van der Waals surface area contributed by atoms with Crippen LogP contribution >= 0.6 is 0 Å². The molecule has 0 aromatic heterocycles. The molecule has 0 aromatic rings. The van der Waals surface area contributed by atoms with Gasteiger partial charge in [0.25, 0.3) is 0 Å². The van der Waals surface area contributed by atoms with Crippen molar-refractivity contribution in [3.63, 3.8) is 0 Å². The molecule has 0 saturated carbocycles. The summed E-state index contributed by atoms with van der Waals surface area (Å²) in [6, 6.07) is -11.2. The highest BCUT2D eigenvalue weighted by Crippen LogP contribution is 2.41. The number of ether oxygens (including phenoxy) is 19. The molecule has 129 heavy (non-hydrogen) atoms. The van der Waals surface area contributed by atoms with Gasteiger partial charge in [-0.2, -0.15) is 0 Å². The van der Waals surface area contributed by atoms with Gasteiger partial charge in [-0.3, -0.25) is 28.8 Å². The first-order valence-electron chi connectivity index (χ1n) is 41.1. The van der Waals surface area contributed by atoms with Crippen molar-refractivity contribution in [2.24, 2.45) is 0 Å². The van der Waals surface area contributed by atoms with Crippen LogP contribution in [0.25, 0.3) is 0 Å². The summed E-state index contributed by atoms with van der Waals surface area (Å²) in [5, 5.41) is 308. The summed E-state index contributed by atoms with van der Waals surface area (Å²) in [5.74, 6) is -5.51. The lowest BCUT2D eigenvalue weighted by atomic mass is 9.93. The Kier molecular flexibility index (Phi) is 38.4. The largest absolute Gasteiger partial charge is 0.394 e. The second-order valence-electron chi connectivity index (χ2n) is 32.5. The standard InChI is InChI=1S/C72H120N6O51/c1-17(87)73-33-48(102)56(27(11-83)113-63(33)110)123-67-37(77-21(5)91)50(104)58(29(13-85)118-67)126-70-55(109)60(44(98)32(121-70)16-112-71-61(128-65-35(75-19(3)89)46(100)40(94)24(8-80)115-65)52(106)43(97)31(122-71)15-111-64-34(74-18(2)88)45(99)39(93)23(7-79)114-64)127-72-62(129-66-36(76-20(4)90)47(101)41(95)25(9-81)116-66)54(108)59(30(14-86)120-72)124-68-38(78-22(6)92)49(103)57(28(12-84)119-68)125-69-53(107)51(105)42(96)26(10-82)117-69/h23-72,79-86,93-110H,7-16H2,1-6H3,(H,73,87)(H,74,88)(H,75,89)(H,76,90)(H,77,91)(H,78,92)/t23-,24-,25-,26-,27-,28-,29-,30-,31-,32-,33-,34-,35-,36+,37-,38-,39-,40-,41-,42+,43-,44-,45-,46-,47-,48-,49-,50-,51+,52+,53-,54+,55+,56-,57-,58-,59-,60+,61+,62+,63?,64-,65+,66+,67+,68+,69+,70+,71+,72-/m1/s1. The monoisotopic (exact) mass is 1880 g/mol. The predicted octanol–water partition coefficient (Wildman–Crippen LogP) is -21.9. The maximum absolute atomic E-state index is 13.2. The fourth-order valence-corrected chi connectivity index (χ4v) is 16.6. The lowest BCUT2D eigenvalue weighted by Gasteiger charge is -2.52. The number of rotatable bonds is 34. The van der Waals surface area contributed by atoms with E-state index >= 15 is 0 Å². The van der Waals surface area contributed by atoms with Crippen LogP contribution in [0.1, 0.15) is 41.5 Å². The Labute approximate surface area is 731 Å². The summed E-state index contributed by atoms with van der Waals surface area (Å²) in [6.07, 6.45) is -94.4. The van der Waals surface area contributed by atoms with Crippen molar-refractivity contribution in [2.75, 3.05) is 66.1 Å². The van der Waals surface area contributed by atoms with Crippen LogP contribution in [0.15, 0.2) is 0 Å². The second kappa shape index (κ2) is 46.7. The van der Waals surface area contributed by atoms with E-state index in [1.807, 2.05) is 0 Å². The van der Waals surface area contributed by atoms with Gasteiger partial charge in [-0.1, -0.05) is 0 Å². The van der Waals surface area contributed by atoms with Gasteiger partial charge in [0.15, 0.2) is 62.9 Å². The topological polar surface area (TPSA) is 876 Å². The van der Waals surface area contributed by atoms with Crippen molar-refractivity contribution >= 4 is 35.4 Å². The quantitative estimate of drug-likeness (QED) is 0.0284. The van der Waals surface area contributed by atoms with E-state index in [2.05, 4.69) is 31.9 Å². The Morgan fingerprint density at radius 1 is 0.202 bits per heavy atom. The van der Waals surface area contributed by atoms with Crippen LogP contribution in [-0.4, -0.2) is 541 Å². The number of aliphatic hydroxyl groups excluding tert-OH is 26. The molecule has 10 aliphatic rings. The van der Waals surface area contributed by atoms with Crippen LogP contribution in [0.4, 0.5) is 0 Å². The summed E-state index contributed by atoms with van der Waals surface area (Å²) in [7, 11) is 0. The van der Waals surface area contributed by atoms with Gasteiger partial charge in [-0.15, -0.1) is 0 Å². The van der Waals surface area contributed by atoms with E-state index in [4.69, 9.17) is 90.0 Å². The third-order valence-electron chi connectivity index (χ3n) is 23.3. The molecular weight excluding hydrogens is 1760 g/mol. The molecule has 10 aliphatic heterocycles. The minimum Gasteiger partial charge on any atom is -0.394 e. The molecule has 10 rings (SSSR count). The highest BCUT2D eigenvalue weighted by molar-refractivity contribution is 5.75. The van der Waals surface area contributed by atoms with Gasteiger partial charge in [0.1, 0.15) is 244 Å². The molecule has 0 radical (unpaired) electrons. The number of carbonyl (C=O) groups excluding carboxylic acids is 6. The average Bonchev–Trinajstić information content (AvgIpc) is 0.694. The Hall–Kier alpha value is -4.98. The molecule has 57 nitrogen and oxygen atoms in total. The summed E-state index contributed by atoms with van der Waals surface area (Å²) in [4.78, 5) is 76.7. The molecule has 0 spiro atoms. The molecule has 10 fully saturated rings. The SMILES string of the molecule is CC(=O)N[C@@H]1[C@H](O[C@@H]2[C@@H](O[C@@H]3[C@H](O)[C@H](O[C@H]4[C@H](O)[C@@H](NC(C)=O)[C@H](O[C@H]5[C@H](O)[C@@H](NC(C)=O)C(O)O[C@@H]5CO)O[C@@H]4CO)O[C@H](CO[C@H]4O[C@H](CO[C@@H]5O[C@H](CO)[C@@H](O)[C@H](O)[C@H]5NC(C)=O)[C@@H](O)[C@H](O)[C@@H]4O[C@@H]4O[C@H](CO)[C@@H](O)[C@H](O)[C@H]4NC(C)=O)[C@H]3O)O[C@H](CO)[C@@H](O[C@@H]3O[C@H](CO)[C@@H](O[C@@H]4O[C@H](CO)[C@H](O)[C@H](O)[C@H]4O)[C@H](O)[C@H]3NC(C)=O)[C@@H]2O)O[C@H](CO)[C@@H](O)[C@@H]1O. The number of hydrogen-bond acceptors (Lipinski definition) is 51. The summed E-state index contributed by atoms with van der Waals surface area (Å²) in [6.45, 7) is -5.64. The Bertz CT molecular complexity index is 3570. The minimum absolute atomic E-state index is 0.818. The van der Waals surface area contributed by atoms with E-state index in [9.17, 15) is 162 Å². The first-order chi connectivity index (χ1) is 61.0. The molecular formula is C72H120N6O51. The molecule has 10 heterocycles. The van der Waals surface area contributed by atoms with E-state index in [-0.39, 0.29) is 0 Å². The lowest BCUT2D eigenvalue weighted by Crippen LogP contribution is -2.71. The molecule has 6 amide bonds. The molecule has 0 aliphatic carbocycles. The van der Waals surface area contributed by atoms with Gasteiger partial charge in [-0.25, -0.2) is 0 Å². The smallest absolute Gasteiger partial charge is 0.217 e. The van der Waals surface area contributed by atoms with Crippen LogP contribution in [-0.2, 0) is 119 Å². The Morgan fingerprint density at radius 2 is 0.442 bits per heavy atom. The zero-order valence-electron chi connectivity index (χ0n) is 69.8. The maximum Gasteiger partial charge on any atom is 0.217 e. The van der Waals surface area contributed by atoms with Gasteiger partial charge in [0.05, 0.1) is 66.1 Å². The molecule has 10 saturated heterocycles. The van der Waals surface area contributed by atoms with Crippen molar-refractivity contribution in [3.05, 3.63) is 0 Å². The molecule has 744 valence electrons. The second-order valence-corrected chi connectivity index (χ2v) is 32.5. The maximum atomic E-state index is 13.2. The molecule has 0 aromatic carbocycles. The van der Waals surface area contributed by atoms with Gasteiger partial charge >= 0.3 is 0 Å². The van der Waals surface area contributed by atoms with Gasteiger partial charge < -0.3 is 255 Å². The van der Waals surface area contributed by atoms with E-state index in [1.165, 1.54) is 0 Å². The van der Waals surface area contributed by atoms with Crippen LogP contribution in [0.5, 0.6) is 0 Å². The van der Waals surface area contributed by atoms with E-state index in [0.717, 1.165) is 41.5 Å². The van der Waals surface area contributed by atoms with Crippen LogP contribution in [0.3, 0.4) is 0 Å².